The van der Waals surface area contributed by atoms with Crippen molar-refractivity contribution in [2.24, 2.45) is 23.7 Å². The zero-order chi connectivity index (χ0) is 41.8. The molecule has 3 fully saturated rings. The summed E-state index contributed by atoms with van der Waals surface area (Å²) in [6, 6.07) is -0.279. The number of methoxy groups -OCH3 is 2. The van der Waals surface area contributed by atoms with E-state index in [0.29, 0.717) is 13.0 Å². The molecule has 18 atom stereocenters. The van der Waals surface area contributed by atoms with Crippen LogP contribution in [0.2, 0.25) is 0 Å². The summed E-state index contributed by atoms with van der Waals surface area (Å²) in [6.07, 6.45) is -6.12. The summed E-state index contributed by atoms with van der Waals surface area (Å²) in [5, 5.41) is 34.8. The van der Waals surface area contributed by atoms with Crippen molar-refractivity contribution in [1.29, 1.82) is 0 Å². The third-order valence-electron chi connectivity index (χ3n) is 12.6. The number of aliphatic hydroxyl groups is 3. The molecule has 3 saturated heterocycles. The number of ether oxygens (including phenoxy) is 8. The average Bonchev–Trinajstić information content (AvgIpc) is 3.13. The van der Waals surface area contributed by atoms with E-state index in [4.69, 9.17) is 37.9 Å². The van der Waals surface area contributed by atoms with Gasteiger partial charge in [-0.3, -0.25) is 9.59 Å². The standard InChI is InChI=1S/C41H73NO13/c1-16-18-50-36-27(8)52-30(21-40(36,10)49-15)54-33-25(6)35(55-38-32(44)28(42(12)13)19-23(4)51-38)39(9,48-14)20-22(3)31(43)24(5)34(45)41(11,47)29(17-2)53-37(46)26(33)7/h16,22-30,32-36,38,44-45,47H,1,17-21H2,2-15H3/t22-,23-,24-,25+,26-,27+,28+,29-,30+,32-,33+,34-,35-,36+,38+,39-,40-,41-/m1/s1. The first kappa shape index (κ1) is 47.8. The summed E-state index contributed by atoms with van der Waals surface area (Å²) < 4.78 is 50.9. The second kappa shape index (κ2) is 19.5. The second-order valence-electron chi connectivity index (χ2n) is 17.2. The second-order valence-corrected chi connectivity index (χ2v) is 17.2. The van der Waals surface area contributed by atoms with E-state index in [9.17, 15) is 24.9 Å². The summed E-state index contributed by atoms with van der Waals surface area (Å²) in [5.41, 5.74) is -4.05. The number of likely N-dealkylation sites (N-methyl/N-ethyl adjacent to an activating group) is 1. The lowest BCUT2D eigenvalue weighted by molar-refractivity contribution is -0.321. The first-order valence-corrected chi connectivity index (χ1v) is 20.0. The van der Waals surface area contributed by atoms with Gasteiger partial charge in [-0.2, -0.15) is 0 Å². The van der Waals surface area contributed by atoms with Gasteiger partial charge < -0.3 is 58.1 Å². The Morgan fingerprint density at radius 3 is 2.05 bits per heavy atom. The van der Waals surface area contributed by atoms with Gasteiger partial charge >= 0.3 is 5.97 Å². The van der Waals surface area contributed by atoms with Crippen LogP contribution in [0.5, 0.6) is 0 Å². The number of nitrogens with zero attached hydrogens (tertiary/aromatic N) is 1. The molecule has 14 heteroatoms. The van der Waals surface area contributed by atoms with Crippen LogP contribution in [0.15, 0.2) is 12.7 Å². The molecule has 0 bridgehead atoms. The molecule has 3 aliphatic heterocycles. The molecule has 3 aliphatic rings. The van der Waals surface area contributed by atoms with Gasteiger partial charge in [0.1, 0.15) is 29.7 Å². The van der Waals surface area contributed by atoms with Crippen molar-refractivity contribution in [2.45, 2.75) is 179 Å². The van der Waals surface area contributed by atoms with Crippen molar-refractivity contribution in [2.75, 3.05) is 34.9 Å². The van der Waals surface area contributed by atoms with Crippen LogP contribution in [0.1, 0.15) is 94.9 Å². The van der Waals surface area contributed by atoms with E-state index in [2.05, 4.69) is 6.58 Å². The minimum atomic E-state index is -1.96. The molecule has 0 aliphatic carbocycles. The fourth-order valence-electron chi connectivity index (χ4n) is 9.06. The predicted molar refractivity (Wildman–Crippen MR) is 205 cm³/mol. The van der Waals surface area contributed by atoms with Crippen molar-refractivity contribution in [3.05, 3.63) is 12.7 Å². The molecule has 0 aromatic rings. The van der Waals surface area contributed by atoms with Crippen LogP contribution in [0, 0.1) is 23.7 Å². The molecule has 3 N–H and O–H groups in total. The normalized spacial score (nSPS) is 46.9. The van der Waals surface area contributed by atoms with Gasteiger partial charge in [0, 0.05) is 44.4 Å². The Bertz CT molecular complexity index is 1270. The van der Waals surface area contributed by atoms with Crippen molar-refractivity contribution in [1.82, 2.24) is 4.90 Å². The first-order valence-electron chi connectivity index (χ1n) is 20.0. The van der Waals surface area contributed by atoms with Gasteiger partial charge in [-0.05, 0) is 74.9 Å². The smallest absolute Gasteiger partial charge is 0.311 e. The largest absolute Gasteiger partial charge is 0.459 e. The van der Waals surface area contributed by atoms with Gasteiger partial charge in [0.15, 0.2) is 12.6 Å². The van der Waals surface area contributed by atoms with Crippen LogP contribution in [0.4, 0.5) is 0 Å². The third kappa shape index (κ3) is 10.6. The number of aliphatic hydroxyl groups excluding tert-OH is 2. The highest BCUT2D eigenvalue weighted by atomic mass is 16.7. The van der Waals surface area contributed by atoms with E-state index < -0.39 is 102 Å². The van der Waals surface area contributed by atoms with Crippen molar-refractivity contribution in [3.63, 3.8) is 0 Å². The maximum absolute atomic E-state index is 14.3. The SMILES string of the molecule is C=CCO[C@H]1[C@H](C)O[C@@H](O[C@H]2[C@H](C)[C@@H](O[C@@H]3O[C@H](C)C[C@H](N(C)C)[C@H]3O)[C@](C)(OC)C[C@@H](C)C(=O)[C@@H](C)[C@@H](O)[C@](C)(O)[C@@H](CC)OC(=O)[C@@H]2C)C[C@@]1(C)OC. The molecule has 320 valence electrons. The molecule has 3 heterocycles. The molecule has 0 aromatic carbocycles. The molecular weight excluding hydrogens is 714 g/mol. The highest BCUT2D eigenvalue weighted by Crippen LogP contribution is 2.42. The number of rotatable bonds is 11. The van der Waals surface area contributed by atoms with E-state index in [-0.39, 0.29) is 37.2 Å². The molecule has 3 rings (SSSR count). The third-order valence-corrected chi connectivity index (χ3v) is 12.6. The fraction of sp³-hybridized carbons (Fsp3) is 0.902. The van der Waals surface area contributed by atoms with E-state index in [0.717, 1.165) is 0 Å². The zero-order valence-electron chi connectivity index (χ0n) is 35.9. The summed E-state index contributed by atoms with van der Waals surface area (Å²) >= 11 is 0. The van der Waals surface area contributed by atoms with Gasteiger partial charge in [0.05, 0.1) is 54.2 Å². The Labute approximate surface area is 329 Å². The quantitative estimate of drug-likeness (QED) is 0.205. The fourth-order valence-corrected chi connectivity index (χ4v) is 9.06. The number of carbonyl (C=O) groups is 2. The van der Waals surface area contributed by atoms with Gasteiger partial charge in [-0.1, -0.05) is 33.8 Å². The van der Waals surface area contributed by atoms with Crippen LogP contribution >= 0.6 is 0 Å². The van der Waals surface area contributed by atoms with Crippen molar-refractivity contribution in [3.8, 4) is 0 Å². The van der Waals surface area contributed by atoms with E-state index in [1.54, 1.807) is 40.9 Å². The highest BCUT2D eigenvalue weighted by molar-refractivity contribution is 5.83. The Balaban J connectivity index is 2.22. The molecule has 14 nitrogen and oxygen atoms in total. The van der Waals surface area contributed by atoms with Gasteiger partial charge in [-0.15, -0.1) is 6.58 Å². The maximum Gasteiger partial charge on any atom is 0.311 e. The Kier molecular flexibility index (Phi) is 16.9. The molecule has 0 radical (unpaired) electrons. The lowest BCUT2D eigenvalue weighted by Crippen LogP contribution is -2.61. The molecule has 55 heavy (non-hydrogen) atoms. The summed E-state index contributed by atoms with van der Waals surface area (Å²) in [6.45, 7) is 21.6. The lowest BCUT2D eigenvalue weighted by Gasteiger charge is -2.50. The van der Waals surface area contributed by atoms with Gasteiger partial charge in [0.2, 0.25) is 0 Å². The number of hydrogen-bond acceptors (Lipinski definition) is 14. The van der Waals surface area contributed by atoms with Crippen LogP contribution in [0.3, 0.4) is 0 Å². The van der Waals surface area contributed by atoms with Crippen LogP contribution in [0.25, 0.3) is 0 Å². The van der Waals surface area contributed by atoms with Gasteiger partial charge in [-0.25, -0.2) is 0 Å². The Hall–Kier alpha value is -1.56. The lowest BCUT2D eigenvalue weighted by atomic mass is 9.74. The monoisotopic (exact) mass is 788 g/mol. The summed E-state index contributed by atoms with van der Waals surface area (Å²) in [5.74, 6) is -4.40. The van der Waals surface area contributed by atoms with Crippen LogP contribution in [-0.4, -0.2) is 151 Å². The van der Waals surface area contributed by atoms with E-state index >= 15 is 0 Å². The Morgan fingerprint density at radius 2 is 1.51 bits per heavy atom. The molecule has 0 saturated carbocycles. The number of ketones is 1. The number of hydrogen-bond donors (Lipinski definition) is 3. The number of esters is 1. The number of cyclic esters (lactones) is 1. The zero-order valence-corrected chi connectivity index (χ0v) is 35.9. The predicted octanol–water partition coefficient (Wildman–Crippen LogP) is 3.65. The van der Waals surface area contributed by atoms with E-state index in [1.807, 2.05) is 53.6 Å². The highest BCUT2D eigenvalue weighted by Gasteiger charge is 2.54. The minimum Gasteiger partial charge on any atom is -0.459 e. The minimum absolute atomic E-state index is 0.121. The maximum atomic E-state index is 14.3. The summed E-state index contributed by atoms with van der Waals surface area (Å²) in [4.78, 5) is 30.3. The van der Waals surface area contributed by atoms with E-state index in [1.165, 1.54) is 14.0 Å². The number of Topliss-reactive ketones (excluding diaryl/α,β-unsaturated/α-hetero) is 1. The van der Waals surface area contributed by atoms with Crippen molar-refractivity contribution >= 4 is 11.8 Å². The molecule has 0 amide bonds. The topological polar surface area (TPSA) is 172 Å². The van der Waals surface area contributed by atoms with Crippen LogP contribution in [-0.2, 0) is 47.5 Å². The number of carbonyl (C=O) groups excluding carboxylic acids is 2. The average molecular weight is 788 g/mol. The first-order chi connectivity index (χ1) is 25.5. The molecule has 0 spiro atoms. The van der Waals surface area contributed by atoms with Crippen molar-refractivity contribution < 1.29 is 62.8 Å². The molecule has 0 unspecified atom stereocenters. The molecular formula is C41H73NO13. The molecule has 0 aromatic heterocycles. The summed E-state index contributed by atoms with van der Waals surface area (Å²) in [7, 11) is 6.90. The Morgan fingerprint density at radius 1 is 0.909 bits per heavy atom. The van der Waals surface area contributed by atoms with Gasteiger partial charge in [0.25, 0.3) is 0 Å². The van der Waals surface area contributed by atoms with Crippen LogP contribution < -0.4 is 0 Å².